The molecule has 0 aliphatic heterocycles. The molecule has 1 amide bonds. The van der Waals surface area contributed by atoms with E-state index in [1.54, 1.807) is 39.6 Å². The molecule has 0 spiro atoms. The van der Waals surface area contributed by atoms with E-state index in [1.807, 2.05) is 6.92 Å². The van der Waals surface area contributed by atoms with Gasteiger partial charge in [-0.15, -0.1) is 11.3 Å². The third-order valence-corrected chi connectivity index (χ3v) is 6.55. The number of amides is 1. The summed E-state index contributed by atoms with van der Waals surface area (Å²) in [7, 11) is 3.19. The summed E-state index contributed by atoms with van der Waals surface area (Å²) in [6.45, 7) is 7.73. The van der Waals surface area contributed by atoms with Crippen molar-refractivity contribution in [2.45, 2.75) is 64.8 Å². The highest BCUT2D eigenvalue weighted by atomic mass is 32.1. The molecule has 2 aromatic heterocycles. The molecule has 1 fully saturated rings. The number of aryl methyl sites for hydroxylation is 1. The van der Waals surface area contributed by atoms with Crippen LogP contribution in [0.2, 0.25) is 0 Å². The fourth-order valence-electron chi connectivity index (χ4n) is 3.59. The van der Waals surface area contributed by atoms with Gasteiger partial charge in [0.15, 0.2) is 0 Å². The largest absolute Gasteiger partial charge is 0.443 e. The summed E-state index contributed by atoms with van der Waals surface area (Å²) in [6.07, 6.45) is 2.09. The topological polar surface area (TPSA) is 113 Å². The molecule has 1 aliphatic carbocycles. The number of rotatable bonds is 7. The molecule has 0 unspecified atom stereocenters. The quantitative estimate of drug-likeness (QED) is 0.495. The highest BCUT2D eigenvalue weighted by Crippen LogP contribution is 2.33. The maximum atomic E-state index is 13.3. The summed E-state index contributed by atoms with van der Waals surface area (Å²) in [6, 6.07) is -0.191. The molecule has 2 aromatic rings. The second-order valence-electron chi connectivity index (χ2n) is 8.73. The number of ether oxygens (including phenoxy) is 3. The molecule has 176 valence electrons. The molecule has 0 atom stereocenters. The number of methoxy groups -OCH3 is 2. The molecule has 0 bridgehead atoms. The number of thiophene rings is 1. The summed E-state index contributed by atoms with van der Waals surface area (Å²) in [5.74, 6) is 0. The Morgan fingerprint density at radius 2 is 1.97 bits per heavy atom. The molecule has 11 heteroatoms. The van der Waals surface area contributed by atoms with Crippen molar-refractivity contribution in [1.29, 1.82) is 0 Å². The second-order valence-corrected chi connectivity index (χ2v) is 9.76. The van der Waals surface area contributed by atoms with E-state index < -0.39 is 11.7 Å². The van der Waals surface area contributed by atoms with E-state index in [0.717, 1.165) is 0 Å². The zero-order valence-corrected chi connectivity index (χ0v) is 20.1. The van der Waals surface area contributed by atoms with Crippen LogP contribution in [0.4, 0.5) is 4.79 Å². The lowest BCUT2D eigenvalue weighted by atomic mass is 9.89. The Hall–Kier alpha value is -2.50. The number of nitrogens with one attached hydrogen (secondary N) is 1. The Bertz CT molecular complexity index is 1130. The Morgan fingerprint density at radius 1 is 1.28 bits per heavy atom. The first-order chi connectivity index (χ1) is 15.1. The van der Waals surface area contributed by atoms with Crippen LogP contribution in [0.5, 0.6) is 0 Å². The molecular weight excluding hydrogens is 436 g/mol. The van der Waals surface area contributed by atoms with Crippen molar-refractivity contribution in [2.75, 3.05) is 20.8 Å². The summed E-state index contributed by atoms with van der Waals surface area (Å²) in [5, 5.41) is 4.43. The van der Waals surface area contributed by atoms with Crippen LogP contribution in [0, 0.1) is 6.92 Å². The molecule has 10 nitrogen and oxygen atoms in total. The van der Waals surface area contributed by atoms with Crippen molar-refractivity contribution < 1.29 is 19.0 Å². The lowest BCUT2D eigenvalue weighted by Crippen LogP contribution is -2.47. The first-order valence-corrected chi connectivity index (χ1v) is 11.2. The van der Waals surface area contributed by atoms with Gasteiger partial charge in [-0.1, -0.05) is 0 Å². The van der Waals surface area contributed by atoms with Gasteiger partial charge in [-0.3, -0.25) is 13.9 Å². The zero-order valence-electron chi connectivity index (χ0n) is 19.3. The van der Waals surface area contributed by atoms with Crippen molar-refractivity contribution in [3.8, 4) is 0 Å². The highest BCUT2D eigenvalue weighted by Gasteiger charge is 2.34. The molecule has 0 saturated heterocycles. The average molecular weight is 467 g/mol. The number of fused-ring (bicyclic) bond motifs is 1. The minimum absolute atomic E-state index is 0.0552. The van der Waals surface area contributed by atoms with Crippen molar-refractivity contribution in [3.05, 3.63) is 31.3 Å². The predicted octanol–water partition coefficient (Wildman–Crippen LogP) is 2.39. The Kier molecular flexibility index (Phi) is 7.21. The van der Waals surface area contributed by atoms with E-state index in [-0.39, 0.29) is 23.4 Å². The Balaban J connectivity index is 2.01. The van der Waals surface area contributed by atoms with Gasteiger partial charge in [0, 0.05) is 20.3 Å². The summed E-state index contributed by atoms with van der Waals surface area (Å²) in [4.78, 5) is 39.6. The van der Waals surface area contributed by atoms with Crippen LogP contribution in [0.25, 0.3) is 10.2 Å². The smallest absolute Gasteiger partial charge is 0.428 e. The van der Waals surface area contributed by atoms with Gasteiger partial charge in [-0.25, -0.2) is 15.0 Å². The lowest BCUT2D eigenvalue weighted by Gasteiger charge is -2.35. The summed E-state index contributed by atoms with van der Waals surface area (Å²) < 4.78 is 18.6. The zero-order chi connectivity index (χ0) is 23.6. The van der Waals surface area contributed by atoms with Gasteiger partial charge in [0.1, 0.15) is 10.4 Å². The fourth-order valence-corrected chi connectivity index (χ4v) is 4.78. The first kappa shape index (κ1) is 24.1. The molecule has 0 radical (unpaired) electrons. The predicted molar refractivity (Wildman–Crippen MR) is 123 cm³/mol. The fraction of sp³-hybridized carbons (Fsp3) is 0.619. The average Bonchev–Trinajstić information content (AvgIpc) is 2.98. The summed E-state index contributed by atoms with van der Waals surface area (Å²) in [5.41, 5.74) is 1.72. The van der Waals surface area contributed by atoms with Crippen LogP contribution in [-0.4, -0.2) is 54.0 Å². The Morgan fingerprint density at radius 3 is 2.56 bits per heavy atom. The maximum Gasteiger partial charge on any atom is 0.428 e. The van der Waals surface area contributed by atoms with Crippen LogP contribution in [-0.2, 0) is 20.8 Å². The number of nitrogens with zero attached hydrogens (tertiary/aromatic N) is 3. The minimum Gasteiger partial charge on any atom is -0.443 e. The highest BCUT2D eigenvalue weighted by molar-refractivity contribution is 7.20. The van der Waals surface area contributed by atoms with E-state index in [1.165, 1.54) is 22.1 Å². The van der Waals surface area contributed by atoms with Crippen LogP contribution in [0.1, 0.15) is 50.1 Å². The number of hydrogen-bond donors (Lipinski definition) is 1. The minimum atomic E-state index is -0.676. The van der Waals surface area contributed by atoms with Gasteiger partial charge in [0.05, 0.1) is 35.7 Å². The van der Waals surface area contributed by atoms with Crippen molar-refractivity contribution in [2.24, 2.45) is 5.10 Å². The second kappa shape index (κ2) is 9.55. The van der Waals surface area contributed by atoms with Crippen molar-refractivity contribution in [3.63, 3.8) is 0 Å². The van der Waals surface area contributed by atoms with Crippen molar-refractivity contribution >= 4 is 33.9 Å². The van der Waals surface area contributed by atoms with Gasteiger partial charge >= 0.3 is 11.8 Å². The number of hydrogen-bond acceptors (Lipinski definition) is 8. The van der Waals surface area contributed by atoms with Crippen LogP contribution in [0.3, 0.4) is 0 Å². The van der Waals surface area contributed by atoms with Crippen LogP contribution in [0.15, 0.2) is 14.7 Å². The van der Waals surface area contributed by atoms with E-state index in [2.05, 4.69) is 10.5 Å². The third kappa shape index (κ3) is 4.94. The number of carbonyl (C=O) groups is 1. The molecule has 2 heterocycles. The molecule has 0 aromatic carbocycles. The molecule has 1 saturated carbocycles. The summed E-state index contributed by atoms with van der Waals surface area (Å²) >= 11 is 1.27. The molecule has 1 aliphatic rings. The number of aromatic nitrogens is 2. The van der Waals surface area contributed by atoms with E-state index in [4.69, 9.17) is 14.2 Å². The standard InChI is InChI=1S/C21H30N4O6S/c1-12-15(11-22-23-19(27)31-21(2,3)4)32-18-16(12)17(26)25(13-9-14(10-13)30-6)20(28)24(18)7-8-29-5/h11,13-14H,7-10H2,1-6H3,(H,23,27)/b22-11+/t13-,14-. The molecule has 1 N–H and O–H groups in total. The van der Waals surface area contributed by atoms with E-state index in [0.29, 0.717) is 46.7 Å². The van der Waals surface area contributed by atoms with Crippen molar-refractivity contribution in [1.82, 2.24) is 14.6 Å². The van der Waals surface area contributed by atoms with Gasteiger partial charge < -0.3 is 14.2 Å². The SMILES string of the molecule is COCCn1c(=O)n([C@H]2C[C@H](OC)C2)c(=O)c2c(C)c(/C=N/NC(=O)OC(C)(C)C)sc21. The molecule has 32 heavy (non-hydrogen) atoms. The number of hydrazone groups is 1. The van der Waals surface area contributed by atoms with Gasteiger partial charge in [0.25, 0.3) is 5.56 Å². The maximum absolute atomic E-state index is 13.3. The van der Waals surface area contributed by atoms with E-state index in [9.17, 15) is 14.4 Å². The van der Waals surface area contributed by atoms with Gasteiger partial charge in [0.2, 0.25) is 0 Å². The Labute approximate surface area is 189 Å². The van der Waals surface area contributed by atoms with Gasteiger partial charge in [-0.2, -0.15) is 5.10 Å². The van der Waals surface area contributed by atoms with Gasteiger partial charge in [-0.05, 0) is 46.1 Å². The third-order valence-electron chi connectivity index (χ3n) is 5.30. The first-order valence-electron chi connectivity index (χ1n) is 10.4. The number of carbonyl (C=O) groups excluding carboxylic acids is 1. The van der Waals surface area contributed by atoms with Crippen LogP contribution < -0.4 is 16.7 Å². The normalized spacial score (nSPS) is 18.8. The molecular formula is C21H30N4O6S. The van der Waals surface area contributed by atoms with E-state index >= 15 is 0 Å². The molecule has 3 rings (SSSR count). The monoisotopic (exact) mass is 466 g/mol. The van der Waals surface area contributed by atoms with Crippen LogP contribution >= 0.6 is 11.3 Å². The lowest BCUT2D eigenvalue weighted by molar-refractivity contribution is 0.00357.